The summed E-state index contributed by atoms with van der Waals surface area (Å²) in [6.07, 6.45) is 9.18. The number of anilines is 2. The Hall–Kier alpha value is -3.96. The van der Waals surface area contributed by atoms with Crippen LogP contribution in [0.2, 0.25) is 0 Å². The van der Waals surface area contributed by atoms with Crippen molar-refractivity contribution >= 4 is 17.8 Å². The summed E-state index contributed by atoms with van der Waals surface area (Å²) in [7, 11) is 0. The number of aliphatic hydroxyl groups excluding tert-OH is 1. The number of nitrogens with zero attached hydrogens (tertiary/aromatic N) is 4. The Morgan fingerprint density at radius 3 is 2.62 bits per heavy atom. The summed E-state index contributed by atoms with van der Waals surface area (Å²) in [6, 6.07) is 14.1. The molecule has 3 N–H and O–H groups in total. The van der Waals surface area contributed by atoms with E-state index in [-0.39, 0.29) is 12.6 Å². The fourth-order valence-electron chi connectivity index (χ4n) is 3.62. The van der Waals surface area contributed by atoms with Gasteiger partial charge in [-0.15, -0.1) is 6.42 Å². The van der Waals surface area contributed by atoms with Crippen LogP contribution in [-0.4, -0.2) is 45.8 Å². The molecule has 1 aliphatic heterocycles. The Balaban J connectivity index is 1.43. The molecule has 0 aliphatic carbocycles. The number of aliphatic hydroxyl groups is 1. The highest BCUT2D eigenvalue weighted by Crippen LogP contribution is 2.24. The molecule has 0 bridgehead atoms. The smallest absolute Gasteiger partial charge is 0.322 e. The molecule has 3 aromatic rings. The number of hydrogen-bond acceptors (Lipinski definition) is 6. The molecule has 3 heterocycles. The van der Waals surface area contributed by atoms with Crippen LogP contribution in [0.15, 0.2) is 54.7 Å². The third kappa shape index (κ3) is 5.02. The van der Waals surface area contributed by atoms with Crippen molar-refractivity contribution in [1.82, 2.24) is 20.3 Å². The maximum atomic E-state index is 12.3. The first kappa shape index (κ1) is 21.3. The molecule has 32 heavy (non-hydrogen) atoms. The number of pyridine rings is 1. The van der Waals surface area contributed by atoms with E-state index in [1.807, 2.05) is 42.5 Å². The van der Waals surface area contributed by atoms with E-state index in [0.717, 1.165) is 35.7 Å². The highest BCUT2D eigenvalue weighted by molar-refractivity contribution is 5.87. The first-order valence-corrected chi connectivity index (χ1v) is 10.5. The average Bonchev–Trinajstić information content (AvgIpc) is 3.38. The van der Waals surface area contributed by atoms with E-state index in [2.05, 4.69) is 31.4 Å². The summed E-state index contributed by atoms with van der Waals surface area (Å²) in [6.45, 7) is 1.82. The van der Waals surface area contributed by atoms with E-state index in [0.29, 0.717) is 5.69 Å². The van der Waals surface area contributed by atoms with Gasteiger partial charge in [0.1, 0.15) is 11.5 Å². The average molecular weight is 428 g/mol. The Morgan fingerprint density at radius 1 is 1.12 bits per heavy atom. The lowest BCUT2D eigenvalue weighted by atomic mass is 10.0. The van der Waals surface area contributed by atoms with Gasteiger partial charge in [0, 0.05) is 24.8 Å². The van der Waals surface area contributed by atoms with Crippen molar-refractivity contribution in [3.63, 3.8) is 0 Å². The number of benzene rings is 1. The van der Waals surface area contributed by atoms with Crippen molar-refractivity contribution < 1.29 is 9.90 Å². The Bertz CT molecular complexity index is 1120. The molecule has 1 saturated heterocycles. The fraction of sp³-hybridized carbons (Fsp3) is 0.250. The van der Waals surface area contributed by atoms with E-state index in [9.17, 15) is 9.90 Å². The summed E-state index contributed by atoms with van der Waals surface area (Å²) in [5, 5.41) is 15.1. The monoisotopic (exact) mass is 428 g/mol. The molecule has 4 rings (SSSR count). The third-order valence-corrected chi connectivity index (χ3v) is 5.29. The molecule has 1 unspecified atom stereocenters. The Labute approximate surface area is 186 Å². The molecular weight excluding hydrogens is 404 g/mol. The molecule has 1 atom stereocenters. The molecule has 2 amide bonds. The van der Waals surface area contributed by atoms with Gasteiger partial charge in [-0.2, -0.15) is 0 Å². The fourth-order valence-corrected chi connectivity index (χ4v) is 3.62. The zero-order valence-electron chi connectivity index (χ0n) is 17.5. The van der Waals surface area contributed by atoms with Crippen molar-refractivity contribution in [2.24, 2.45) is 0 Å². The SMILES string of the molecule is C#Cc1ccnc(NC(=O)NC(CO)c2ccc(-c3cccc(N4CCCC4)n3)cc2)n1. The summed E-state index contributed by atoms with van der Waals surface area (Å²) >= 11 is 0. The van der Waals surface area contributed by atoms with Gasteiger partial charge >= 0.3 is 6.03 Å². The molecule has 0 saturated carbocycles. The molecule has 8 heteroatoms. The molecule has 0 radical (unpaired) electrons. The van der Waals surface area contributed by atoms with E-state index in [1.165, 1.54) is 19.0 Å². The van der Waals surface area contributed by atoms with Gasteiger partial charge in [-0.05, 0) is 36.6 Å². The number of terminal acetylenes is 1. The molecule has 2 aromatic heterocycles. The molecule has 1 aromatic carbocycles. The number of amides is 2. The van der Waals surface area contributed by atoms with E-state index in [1.54, 1.807) is 6.07 Å². The van der Waals surface area contributed by atoms with Crippen molar-refractivity contribution in [1.29, 1.82) is 0 Å². The van der Waals surface area contributed by atoms with Gasteiger partial charge in [0.2, 0.25) is 5.95 Å². The van der Waals surface area contributed by atoms with E-state index >= 15 is 0 Å². The molecular formula is C24H24N6O2. The van der Waals surface area contributed by atoms with Gasteiger partial charge in [-0.1, -0.05) is 36.3 Å². The molecule has 0 spiro atoms. The summed E-state index contributed by atoms with van der Waals surface area (Å²) in [5.74, 6) is 3.47. The number of hydrogen-bond donors (Lipinski definition) is 3. The van der Waals surface area contributed by atoms with Crippen LogP contribution in [0.25, 0.3) is 11.3 Å². The normalized spacial score (nSPS) is 13.9. The molecule has 1 aliphatic rings. The molecule has 162 valence electrons. The van der Waals surface area contributed by atoms with Gasteiger partial charge in [0.15, 0.2) is 0 Å². The van der Waals surface area contributed by atoms with Gasteiger partial charge in [-0.3, -0.25) is 5.32 Å². The minimum atomic E-state index is -0.594. The first-order valence-electron chi connectivity index (χ1n) is 10.5. The molecule has 8 nitrogen and oxygen atoms in total. The zero-order chi connectivity index (χ0) is 22.3. The second kappa shape index (κ2) is 9.90. The quantitative estimate of drug-likeness (QED) is 0.522. The van der Waals surface area contributed by atoms with Crippen molar-refractivity contribution in [2.45, 2.75) is 18.9 Å². The number of urea groups is 1. The van der Waals surface area contributed by atoms with Crippen LogP contribution in [-0.2, 0) is 0 Å². The van der Waals surface area contributed by atoms with Gasteiger partial charge < -0.3 is 15.3 Å². The largest absolute Gasteiger partial charge is 0.394 e. The third-order valence-electron chi connectivity index (χ3n) is 5.29. The van der Waals surface area contributed by atoms with Crippen LogP contribution >= 0.6 is 0 Å². The second-order valence-electron chi connectivity index (χ2n) is 7.44. The van der Waals surface area contributed by atoms with Gasteiger partial charge in [0.25, 0.3) is 0 Å². The van der Waals surface area contributed by atoms with Crippen LogP contribution in [0, 0.1) is 12.3 Å². The Kier molecular flexibility index (Phi) is 6.58. The summed E-state index contributed by atoms with van der Waals surface area (Å²) in [5.41, 5.74) is 2.99. The highest BCUT2D eigenvalue weighted by Gasteiger charge is 2.16. The topological polar surface area (TPSA) is 103 Å². The van der Waals surface area contributed by atoms with E-state index in [4.69, 9.17) is 11.4 Å². The lowest BCUT2D eigenvalue weighted by Crippen LogP contribution is -2.34. The number of aromatic nitrogens is 3. The standard InChI is InChI=1S/C24H24N6O2/c1-2-19-12-13-25-23(26-19)29-24(32)28-21(16-31)18-10-8-17(9-11-18)20-6-5-7-22(27-20)30-14-3-4-15-30/h1,5-13,21,31H,3-4,14-16H2,(H2,25,26,28,29,32). The van der Waals surface area contributed by atoms with Crippen molar-refractivity contribution in [3.05, 3.63) is 66.0 Å². The van der Waals surface area contributed by atoms with Crippen LogP contribution in [0.1, 0.15) is 30.1 Å². The number of carbonyl (C=O) groups is 1. The molecule has 1 fully saturated rings. The lowest BCUT2D eigenvalue weighted by molar-refractivity contribution is 0.225. The second-order valence-corrected chi connectivity index (χ2v) is 7.44. The number of rotatable bonds is 6. The maximum Gasteiger partial charge on any atom is 0.322 e. The maximum absolute atomic E-state index is 12.3. The Morgan fingerprint density at radius 2 is 1.91 bits per heavy atom. The summed E-state index contributed by atoms with van der Waals surface area (Å²) in [4.78, 5) is 27.4. The minimum Gasteiger partial charge on any atom is -0.394 e. The predicted octanol–water partition coefficient (Wildman–Crippen LogP) is 2.98. The zero-order valence-corrected chi connectivity index (χ0v) is 17.5. The minimum absolute atomic E-state index is 0.0916. The van der Waals surface area contributed by atoms with Gasteiger partial charge in [-0.25, -0.2) is 19.7 Å². The first-order chi connectivity index (χ1) is 15.7. The van der Waals surface area contributed by atoms with Gasteiger partial charge in [0.05, 0.1) is 18.3 Å². The van der Waals surface area contributed by atoms with E-state index < -0.39 is 12.1 Å². The van der Waals surface area contributed by atoms with Crippen LogP contribution in [0.4, 0.5) is 16.6 Å². The highest BCUT2D eigenvalue weighted by atomic mass is 16.3. The van der Waals surface area contributed by atoms with Crippen LogP contribution in [0.3, 0.4) is 0 Å². The summed E-state index contributed by atoms with van der Waals surface area (Å²) < 4.78 is 0. The number of carbonyl (C=O) groups excluding carboxylic acids is 1. The number of nitrogens with one attached hydrogen (secondary N) is 2. The van der Waals surface area contributed by atoms with Crippen LogP contribution < -0.4 is 15.5 Å². The van der Waals surface area contributed by atoms with Crippen molar-refractivity contribution in [3.8, 4) is 23.6 Å². The lowest BCUT2D eigenvalue weighted by Gasteiger charge is -2.18. The van der Waals surface area contributed by atoms with Crippen LogP contribution in [0.5, 0.6) is 0 Å². The predicted molar refractivity (Wildman–Crippen MR) is 123 cm³/mol. The van der Waals surface area contributed by atoms with Crippen molar-refractivity contribution in [2.75, 3.05) is 29.9 Å².